The molecule has 2 unspecified atom stereocenters. The number of hydrogen-bond donors (Lipinski definition) is 1. The van der Waals surface area contributed by atoms with Gasteiger partial charge < -0.3 is 5.73 Å². The van der Waals surface area contributed by atoms with Crippen LogP contribution in [0.3, 0.4) is 0 Å². The average molecular weight is 283 g/mol. The Labute approximate surface area is 115 Å². The van der Waals surface area contributed by atoms with Crippen LogP contribution < -0.4 is 5.73 Å². The number of aryl methyl sites for hydroxylation is 1. The van der Waals surface area contributed by atoms with Gasteiger partial charge in [0.25, 0.3) is 0 Å². The number of aromatic nitrogens is 2. The normalized spacial score (nSPS) is 15.1. The first-order valence-electron chi connectivity index (χ1n) is 6.22. The van der Waals surface area contributed by atoms with Gasteiger partial charge in [0.1, 0.15) is 0 Å². The molecule has 1 heterocycles. The van der Waals surface area contributed by atoms with Gasteiger partial charge in [-0.05, 0) is 19.4 Å². The van der Waals surface area contributed by atoms with Crippen molar-refractivity contribution in [3.05, 3.63) is 53.3 Å². The summed E-state index contributed by atoms with van der Waals surface area (Å²) in [6.45, 7) is 3.67. The Morgan fingerprint density at radius 3 is 2.50 bits per heavy atom. The monoisotopic (exact) mass is 283 g/mol. The molecule has 2 aromatic rings. The second kappa shape index (κ2) is 5.28. The van der Waals surface area contributed by atoms with Gasteiger partial charge in [-0.15, -0.1) is 0 Å². The predicted molar refractivity (Wildman–Crippen MR) is 70.2 cm³/mol. The highest BCUT2D eigenvalue weighted by atomic mass is 19.4. The minimum absolute atomic E-state index is 0.363. The van der Waals surface area contributed by atoms with Gasteiger partial charge in [-0.25, -0.2) is 0 Å². The number of halogens is 3. The molecule has 108 valence electrons. The third kappa shape index (κ3) is 3.01. The van der Waals surface area contributed by atoms with Gasteiger partial charge in [0, 0.05) is 12.2 Å². The largest absolute Gasteiger partial charge is 0.419 e. The lowest BCUT2D eigenvalue weighted by molar-refractivity contribution is -0.137. The molecular formula is C14H16F3N3. The summed E-state index contributed by atoms with van der Waals surface area (Å²) in [6, 6.07) is 6.74. The summed E-state index contributed by atoms with van der Waals surface area (Å²) in [5.74, 6) is 0. The molecule has 2 atom stereocenters. The van der Waals surface area contributed by atoms with E-state index in [1.807, 2.05) is 31.2 Å². The summed E-state index contributed by atoms with van der Waals surface area (Å²) in [4.78, 5) is 0. The minimum Gasteiger partial charge on any atom is -0.326 e. The molecule has 2 rings (SSSR count). The summed E-state index contributed by atoms with van der Waals surface area (Å²) >= 11 is 0. The summed E-state index contributed by atoms with van der Waals surface area (Å²) < 4.78 is 39.2. The van der Waals surface area contributed by atoms with E-state index in [2.05, 4.69) is 5.10 Å². The average Bonchev–Trinajstić information content (AvgIpc) is 2.77. The highest BCUT2D eigenvalue weighted by Gasteiger charge is 2.33. The molecule has 1 aromatic heterocycles. The third-order valence-electron chi connectivity index (χ3n) is 3.10. The van der Waals surface area contributed by atoms with Gasteiger partial charge in [0.05, 0.1) is 17.8 Å². The summed E-state index contributed by atoms with van der Waals surface area (Å²) in [5, 5.41) is 3.83. The van der Waals surface area contributed by atoms with E-state index in [1.54, 1.807) is 6.92 Å². The maximum Gasteiger partial charge on any atom is 0.419 e. The maximum absolute atomic E-state index is 12.6. The van der Waals surface area contributed by atoms with Crippen molar-refractivity contribution in [2.75, 3.05) is 0 Å². The summed E-state index contributed by atoms with van der Waals surface area (Å²) in [6.07, 6.45) is -2.57. The smallest absolute Gasteiger partial charge is 0.326 e. The van der Waals surface area contributed by atoms with E-state index < -0.39 is 17.8 Å². The summed E-state index contributed by atoms with van der Waals surface area (Å²) in [5.41, 5.74) is 7.03. The second-order valence-corrected chi connectivity index (χ2v) is 4.92. The topological polar surface area (TPSA) is 43.8 Å². The fourth-order valence-corrected chi connectivity index (χ4v) is 2.19. The molecule has 0 aliphatic carbocycles. The Bertz CT molecular complexity index is 587. The molecular weight excluding hydrogens is 267 g/mol. The van der Waals surface area contributed by atoms with E-state index in [4.69, 9.17) is 5.73 Å². The highest BCUT2D eigenvalue weighted by molar-refractivity contribution is 5.27. The minimum atomic E-state index is -4.40. The van der Waals surface area contributed by atoms with E-state index in [0.717, 1.165) is 23.5 Å². The molecule has 0 radical (unpaired) electrons. The van der Waals surface area contributed by atoms with E-state index >= 15 is 0 Å². The van der Waals surface area contributed by atoms with E-state index in [-0.39, 0.29) is 6.04 Å². The first-order valence-corrected chi connectivity index (χ1v) is 6.22. The standard InChI is InChI=1S/C14H16F3N3/c1-9-4-3-5-11(6-9)13(10(2)18)20-8-12(7-19-20)14(15,16)17/h3-8,10,13H,18H2,1-2H3. The van der Waals surface area contributed by atoms with Crippen molar-refractivity contribution in [3.8, 4) is 0 Å². The van der Waals surface area contributed by atoms with Crippen LogP contribution in [-0.4, -0.2) is 15.8 Å². The van der Waals surface area contributed by atoms with Crippen LogP contribution in [0.1, 0.15) is 29.7 Å². The van der Waals surface area contributed by atoms with Crippen molar-refractivity contribution in [1.82, 2.24) is 9.78 Å². The summed E-state index contributed by atoms with van der Waals surface area (Å²) in [7, 11) is 0. The first kappa shape index (κ1) is 14.6. The van der Waals surface area contributed by atoms with Gasteiger partial charge in [-0.2, -0.15) is 18.3 Å². The van der Waals surface area contributed by atoms with Crippen LogP contribution in [0.2, 0.25) is 0 Å². The zero-order valence-corrected chi connectivity index (χ0v) is 11.2. The van der Waals surface area contributed by atoms with E-state index in [1.165, 1.54) is 4.68 Å². The van der Waals surface area contributed by atoms with Gasteiger partial charge in [0.15, 0.2) is 0 Å². The molecule has 0 saturated heterocycles. The van der Waals surface area contributed by atoms with Crippen LogP contribution in [0.4, 0.5) is 13.2 Å². The van der Waals surface area contributed by atoms with Crippen LogP contribution in [0, 0.1) is 6.92 Å². The number of hydrogen-bond acceptors (Lipinski definition) is 2. The Morgan fingerprint density at radius 2 is 2.00 bits per heavy atom. The number of alkyl halides is 3. The molecule has 0 aliphatic heterocycles. The molecule has 1 aromatic carbocycles. The van der Waals surface area contributed by atoms with Crippen molar-refractivity contribution >= 4 is 0 Å². The Balaban J connectivity index is 2.42. The van der Waals surface area contributed by atoms with Gasteiger partial charge in [-0.1, -0.05) is 29.8 Å². The Kier molecular flexibility index (Phi) is 3.85. The number of nitrogens with zero attached hydrogens (tertiary/aromatic N) is 2. The van der Waals surface area contributed by atoms with Crippen molar-refractivity contribution in [2.45, 2.75) is 32.1 Å². The van der Waals surface area contributed by atoms with Gasteiger partial charge in [0.2, 0.25) is 0 Å². The zero-order valence-electron chi connectivity index (χ0n) is 11.2. The van der Waals surface area contributed by atoms with Crippen molar-refractivity contribution in [1.29, 1.82) is 0 Å². The second-order valence-electron chi connectivity index (χ2n) is 4.92. The fourth-order valence-electron chi connectivity index (χ4n) is 2.19. The van der Waals surface area contributed by atoms with Crippen LogP contribution in [-0.2, 0) is 6.18 Å². The molecule has 0 amide bonds. The molecule has 0 aliphatic rings. The molecule has 0 spiro atoms. The molecule has 3 nitrogen and oxygen atoms in total. The molecule has 0 bridgehead atoms. The van der Waals surface area contributed by atoms with Gasteiger partial charge >= 0.3 is 6.18 Å². The molecule has 6 heteroatoms. The maximum atomic E-state index is 12.6. The van der Waals surface area contributed by atoms with Crippen LogP contribution in [0.15, 0.2) is 36.7 Å². The Hall–Kier alpha value is -1.82. The fraction of sp³-hybridized carbons (Fsp3) is 0.357. The van der Waals surface area contributed by atoms with Crippen molar-refractivity contribution in [2.24, 2.45) is 5.73 Å². The molecule has 0 fully saturated rings. The number of benzene rings is 1. The first-order chi connectivity index (χ1) is 9.29. The SMILES string of the molecule is Cc1cccc(C(C(C)N)n2cc(C(F)(F)F)cn2)c1. The Morgan fingerprint density at radius 1 is 1.30 bits per heavy atom. The van der Waals surface area contributed by atoms with Crippen molar-refractivity contribution in [3.63, 3.8) is 0 Å². The predicted octanol–water partition coefficient (Wildman–Crippen LogP) is 3.15. The molecule has 20 heavy (non-hydrogen) atoms. The van der Waals surface area contributed by atoms with Crippen LogP contribution in [0.5, 0.6) is 0 Å². The van der Waals surface area contributed by atoms with E-state index in [9.17, 15) is 13.2 Å². The number of nitrogens with two attached hydrogens (primary N) is 1. The third-order valence-corrected chi connectivity index (χ3v) is 3.10. The highest BCUT2D eigenvalue weighted by Crippen LogP contribution is 2.30. The lowest BCUT2D eigenvalue weighted by atomic mass is 9.99. The lowest BCUT2D eigenvalue weighted by Gasteiger charge is -2.22. The zero-order chi connectivity index (χ0) is 14.9. The molecule has 2 N–H and O–H groups in total. The van der Waals surface area contributed by atoms with E-state index in [0.29, 0.717) is 0 Å². The number of rotatable bonds is 3. The van der Waals surface area contributed by atoms with Crippen LogP contribution in [0.25, 0.3) is 0 Å². The van der Waals surface area contributed by atoms with Crippen LogP contribution >= 0.6 is 0 Å². The lowest BCUT2D eigenvalue weighted by Crippen LogP contribution is -2.30. The molecule has 0 saturated carbocycles. The van der Waals surface area contributed by atoms with Crippen molar-refractivity contribution < 1.29 is 13.2 Å². The quantitative estimate of drug-likeness (QED) is 0.940. The van der Waals surface area contributed by atoms with Gasteiger partial charge in [-0.3, -0.25) is 4.68 Å².